The molecule has 0 saturated carbocycles. The highest BCUT2D eigenvalue weighted by Crippen LogP contribution is 2.12. The van der Waals surface area contributed by atoms with Crippen LogP contribution in [0.25, 0.3) is 0 Å². The number of likely N-dealkylation sites (tertiary alicyclic amines) is 1. The van der Waals surface area contributed by atoms with Gasteiger partial charge in [-0.3, -0.25) is 4.79 Å². The van der Waals surface area contributed by atoms with Crippen molar-refractivity contribution in [3.8, 4) is 0 Å². The Hall–Kier alpha value is -0.610. The van der Waals surface area contributed by atoms with Crippen molar-refractivity contribution in [1.82, 2.24) is 10.2 Å². The van der Waals surface area contributed by atoms with Gasteiger partial charge in [0.1, 0.15) is 0 Å². The van der Waals surface area contributed by atoms with Crippen LogP contribution >= 0.6 is 0 Å². The van der Waals surface area contributed by atoms with E-state index < -0.39 is 0 Å². The molecular formula is C15H31N3O. The first kappa shape index (κ1) is 16.4. The van der Waals surface area contributed by atoms with E-state index in [1.165, 1.54) is 32.4 Å². The van der Waals surface area contributed by atoms with Crippen LogP contribution in [0.2, 0.25) is 0 Å². The average Bonchev–Trinajstić information content (AvgIpc) is 2.38. The van der Waals surface area contributed by atoms with E-state index in [2.05, 4.69) is 17.1 Å². The molecule has 4 heteroatoms. The molecule has 1 saturated heterocycles. The minimum absolute atomic E-state index is 0.0535. The van der Waals surface area contributed by atoms with E-state index in [0.29, 0.717) is 18.4 Å². The van der Waals surface area contributed by atoms with E-state index in [1.807, 2.05) is 13.8 Å². The van der Waals surface area contributed by atoms with Gasteiger partial charge in [0.05, 0.1) is 5.92 Å². The molecule has 0 spiro atoms. The number of nitrogens with zero attached hydrogens (tertiary/aromatic N) is 1. The largest absolute Gasteiger partial charge is 0.355 e. The maximum Gasteiger partial charge on any atom is 0.224 e. The number of nitrogens with two attached hydrogens (primary N) is 1. The molecule has 1 aliphatic rings. The maximum absolute atomic E-state index is 12.0. The number of nitrogens with one attached hydrogen (secondary N) is 1. The molecule has 1 amide bonds. The van der Waals surface area contributed by atoms with Crippen molar-refractivity contribution in [2.45, 2.75) is 40.0 Å². The van der Waals surface area contributed by atoms with E-state index in [9.17, 15) is 4.79 Å². The molecule has 0 radical (unpaired) electrons. The second-order valence-corrected chi connectivity index (χ2v) is 6.30. The normalized spacial score (nSPS) is 20.3. The number of piperidine rings is 1. The fourth-order valence-electron chi connectivity index (χ4n) is 2.74. The molecule has 3 N–H and O–H groups in total. The summed E-state index contributed by atoms with van der Waals surface area (Å²) in [7, 11) is 0. The molecule has 1 aliphatic heterocycles. The molecule has 1 rings (SSSR count). The number of carbonyl (C=O) groups excluding carboxylic acids is 1. The molecule has 19 heavy (non-hydrogen) atoms. The van der Waals surface area contributed by atoms with Crippen molar-refractivity contribution >= 4 is 5.91 Å². The summed E-state index contributed by atoms with van der Waals surface area (Å²) in [6.45, 7) is 11.0. The van der Waals surface area contributed by atoms with E-state index in [4.69, 9.17) is 5.73 Å². The van der Waals surface area contributed by atoms with Crippen molar-refractivity contribution in [2.24, 2.45) is 23.5 Å². The molecular weight excluding hydrogens is 238 g/mol. The first-order chi connectivity index (χ1) is 9.04. The lowest BCUT2D eigenvalue weighted by atomic mass is 9.95. The van der Waals surface area contributed by atoms with Gasteiger partial charge in [-0.25, -0.2) is 0 Å². The second kappa shape index (κ2) is 8.54. The molecule has 0 aliphatic carbocycles. The fourth-order valence-corrected chi connectivity index (χ4v) is 2.74. The van der Waals surface area contributed by atoms with Crippen LogP contribution in [0.4, 0.5) is 0 Å². The van der Waals surface area contributed by atoms with Gasteiger partial charge in [-0.05, 0) is 37.8 Å². The Balaban J connectivity index is 2.24. The Morgan fingerprint density at radius 2 is 1.84 bits per heavy atom. The van der Waals surface area contributed by atoms with Gasteiger partial charge in [-0.15, -0.1) is 0 Å². The summed E-state index contributed by atoms with van der Waals surface area (Å²) in [4.78, 5) is 14.5. The van der Waals surface area contributed by atoms with Gasteiger partial charge in [0.2, 0.25) is 5.91 Å². The van der Waals surface area contributed by atoms with Crippen LogP contribution in [-0.2, 0) is 4.79 Å². The minimum atomic E-state index is -0.0535. The van der Waals surface area contributed by atoms with E-state index in [-0.39, 0.29) is 11.8 Å². The van der Waals surface area contributed by atoms with Gasteiger partial charge < -0.3 is 16.0 Å². The molecule has 1 fully saturated rings. The minimum Gasteiger partial charge on any atom is -0.355 e. The van der Waals surface area contributed by atoms with Crippen LogP contribution in [0, 0.1) is 17.8 Å². The molecule has 2 unspecified atom stereocenters. The third-order valence-corrected chi connectivity index (χ3v) is 4.04. The lowest BCUT2D eigenvalue weighted by Gasteiger charge is -2.29. The molecule has 0 aromatic carbocycles. The van der Waals surface area contributed by atoms with Gasteiger partial charge in [0.15, 0.2) is 0 Å². The quantitative estimate of drug-likeness (QED) is 0.735. The monoisotopic (exact) mass is 269 g/mol. The molecule has 0 bridgehead atoms. The van der Waals surface area contributed by atoms with Gasteiger partial charge in [-0.1, -0.05) is 27.2 Å². The second-order valence-electron chi connectivity index (χ2n) is 6.30. The van der Waals surface area contributed by atoms with E-state index >= 15 is 0 Å². The van der Waals surface area contributed by atoms with E-state index in [1.54, 1.807) is 0 Å². The van der Waals surface area contributed by atoms with Gasteiger partial charge in [0.25, 0.3) is 0 Å². The van der Waals surface area contributed by atoms with Gasteiger partial charge >= 0.3 is 0 Å². The van der Waals surface area contributed by atoms with Crippen LogP contribution in [0.5, 0.6) is 0 Å². The smallest absolute Gasteiger partial charge is 0.224 e. The van der Waals surface area contributed by atoms with Crippen molar-refractivity contribution in [3.05, 3.63) is 0 Å². The Morgan fingerprint density at radius 3 is 2.37 bits per heavy atom. The van der Waals surface area contributed by atoms with E-state index in [0.717, 1.165) is 13.1 Å². The van der Waals surface area contributed by atoms with Crippen molar-refractivity contribution < 1.29 is 4.79 Å². The molecule has 4 nitrogen and oxygen atoms in total. The highest BCUT2D eigenvalue weighted by atomic mass is 16.1. The summed E-state index contributed by atoms with van der Waals surface area (Å²) < 4.78 is 0. The zero-order valence-electron chi connectivity index (χ0n) is 12.8. The summed E-state index contributed by atoms with van der Waals surface area (Å²) >= 11 is 0. The first-order valence-electron chi connectivity index (χ1n) is 7.74. The Morgan fingerprint density at radius 1 is 1.21 bits per heavy atom. The SMILES string of the molecule is CC(CNC(=O)C(CN)C(C)C)CN1CCCCC1. The highest BCUT2D eigenvalue weighted by Gasteiger charge is 2.21. The Bertz CT molecular complexity index is 262. The number of hydrogen-bond donors (Lipinski definition) is 2. The third kappa shape index (κ3) is 5.91. The fraction of sp³-hybridized carbons (Fsp3) is 0.933. The number of amides is 1. The third-order valence-electron chi connectivity index (χ3n) is 4.04. The maximum atomic E-state index is 12.0. The van der Waals surface area contributed by atoms with Crippen LogP contribution in [0.3, 0.4) is 0 Å². The Labute approximate surface area is 118 Å². The van der Waals surface area contributed by atoms with Crippen LogP contribution in [-0.4, -0.2) is 43.5 Å². The van der Waals surface area contributed by atoms with Gasteiger partial charge in [0, 0.05) is 19.6 Å². The molecule has 1 heterocycles. The van der Waals surface area contributed by atoms with Crippen LogP contribution in [0.1, 0.15) is 40.0 Å². The molecule has 0 aromatic heterocycles. The lowest BCUT2D eigenvalue weighted by molar-refractivity contribution is -0.126. The first-order valence-corrected chi connectivity index (χ1v) is 7.74. The number of rotatable bonds is 7. The van der Waals surface area contributed by atoms with Gasteiger partial charge in [-0.2, -0.15) is 0 Å². The summed E-state index contributed by atoms with van der Waals surface area (Å²) in [6, 6.07) is 0. The summed E-state index contributed by atoms with van der Waals surface area (Å²) in [5.41, 5.74) is 5.66. The molecule has 0 aromatic rings. The Kier molecular flexibility index (Phi) is 7.39. The number of carbonyl (C=O) groups is 1. The number of hydrogen-bond acceptors (Lipinski definition) is 3. The van der Waals surface area contributed by atoms with Crippen molar-refractivity contribution in [3.63, 3.8) is 0 Å². The van der Waals surface area contributed by atoms with Crippen molar-refractivity contribution in [1.29, 1.82) is 0 Å². The average molecular weight is 269 g/mol. The van der Waals surface area contributed by atoms with Crippen molar-refractivity contribution in [2.75, 3.05) is 32.7 Å². The molecule has 2 atom stereocenters. The summed E-state index contributed by atoms with van der Waals surface area (Å²) in [5, 5.41) is 3.06. The lowest BCUT2D eigenvalue weighted by Crippen LogP contribution is -2.42. The zero-order valence-corrected chi connectivity index (χ0v) is 12.8. The van der Waals surface area contributed by atoms with Crippen LogP contribution < -0.4 is 11.1 Å². The summed E-state index contributed by atoms with van der Waals surface area (Å²) in [6.07, 6.45) is 4.01. The summed E-state index contributed by atoms with van der Waals surface area (Å²) in [5.74, 6) is 0.875. The molecule has 112 valence electrons. The van der Waals surface area contributed by atoms with Crippen LogP contribution in [0.15, 0.2) is 0 Å². The predicted molar refractivity (Wildman–Crippen MR) is 79.8 cm³/mol. The zero-order chi connectivity index (χ0) is 14.3. The topological polar surface area (TPSA) is 58.4 Å². The highest BCUT2D eigenvalue weighted by molar-refractivity contribution is 5.79. The predicted octanol–water partition coefficient (Wildman–Crippen LogP) is 1.46. The standard InChI is InChI=1S/C15H31N3O/c1-12(2)14(9-16)15(19)17-10-13(3)11-18-7-5-4-6-8-18/h12-14H,4-11,16H2,1-3H3,(H,17,19).